The molecule has 1 fully saturated rings. The second-order valence-electron chi connectivity index (χ2n) is 10.1. The molecule has 1 saturated heterocycles. The van der Waals surface area contributed by atoms with Crippen LogP contribution in [-0.4, -0.2) is 31.3 Å². The van der Waals surface area contributed by atoms with E-state index in [1.54, 1.807) is 0 Å². The molecule has 0 bridgehead atoms. The molecule has 1 aliphatic carbocycles. The van der Waals surface area contributed by atoms with Crippen molar-refractivity contribution in [3.63, 3.8) is 0 Å². The third kappa shape index (κ3) is 6.85. The van der Waals surface area contributed by atoms with Gasteiger partial charge in [0.25, 0.3) is 5.91 Å². The third-order valence-electron chi connectivity index (χ3n) is 7.48. The molecule has 2 aliphatic rings. The van der Waals surface area contributed by atoms with Gasteiger partial charge in [-0.05, 0) is 85.4 Å². The van der Waals surface area contributed by atoms with Crippen molar-refractivity contribution in [1.82, 2.24) is 5.32 Å². The molecule has 0 radical (unpaired) electrons. The largest absolute Gasteiger partial charge is 0.491 e. The predicted octanol–water partition coefficient (Wildman–Crippen LogP) is 6.29. The van der Waals surface area contributed by atoms with Gasteiger partial charge >= 0.3 is 0 Å². The van der Waals surface area contributed by atoms with Crippen molar-refractivity contribution in [2.45, 2.75) is 90.2 Å². The lowest BCUT2D eigenvalue weighted by molar-refractivity contribution is 0.0679. The molecule has 1 heterocycles. The zero-order chi connectivity index (χ0) is 23.8. The van der Waals surface area contributed by atoms with Gasteiger partial charge in [-0.3, -0.25) is 4.79 Å². The van der Waals surface area contributed by atoms with Gasteiger partial charge in [0.05, 0.1) is 6.10 Å². The van der Waals surface area contributed by atoms with Crippen molar-refractivity contribution in [3.05, 3.63) is 64.7 Å². The van der Waals surface area contributed by atoms with Gasteiger partial charge in [0.2, 0.25) is 0 Å². The minimum absolute atomic E-state index is 0.00235. The highest BCUT2D eigenvalue weighted by Crippen LogP contribution is 2.26. The van der Waals surface area contributed by atoms with E-state index >= 15 is 0 Å². The van der Waals surface area contributed by atoms with E-state index in [-0.39, 0.29) is 18.1 Å². The van der Waals surface area contributed by atoms with Gasteiger partial charge < -0.3 is 14.8 Å². The van der Waals surface area contributed by atoms with Crippen LogP contribution in [-0.2, 0) is 24.0 Å². The van der Waals surface area contributed by atoms with Crippen LogP contribution in [0, 0.1) is 5.92 Å². The van der Waals surface area contributed by atoms with E-state index in [1.165, 1.54) is 48.8 Å². The number of hydrogen-bond donors (Lipinski definition) is 1. The molecule has 1 unspecified atom stereocenters. The molecule has 4 rings (SSSR count). The first-order chi connectivity index (χ1) is 16.6. The van der Waals surface area contributed by atoms with Crippen LogP contribution in [0.3, 0.4) is 0 Å². The van der Waals surface area contributed by atoms with Crippen molar-refractivity contribution < 1.29 is 14.3 Å². The van der Waals surface area contributed by atoms with Gasteiger partial charge in [-0.2, -0.15) is 0 Å². The second kappa shape index (κ2) is 12.4. The SMILES string of the molecule is CCCCC(CC)Cc1ccc2c(c1)CC[C@H](NC(=O)c1ccc(OC[C@@H]3CCCO3)cc1)C2. The predicted molar refractivity (Wildman–Crippen MR) is 138 cm³/mol. The molecule has 34 heavy (non-hydrogen) atoms. The van der Waals surface area contributed by atoms with E-state index in [4.69, 9.17) is 9.47 Å². The first-order valence-corrected chi connectivity index (χ1v) is 13.4. The molecule has 0 spiro atoms. The topological polar surface area (TPSA) is 47.6 Å². The molecule has 1 N–H and O–H groups in total. The van der Waals surface area contributed by atoms with Crippen LogP contribution in [0.15, 0.2) is 42.5 Å². The summed E-state index contributed by atoms with van der Waals surface area (Å²) < 4.78 is 11.4. The van der Waals surface area contributed by atoms with Gasteiger partial charge in [0.15, 0.2) is 0 Å². The lowest BCUT2D eigenvalue weighted by atomic mass is 9.85. The average Bonchev–Trinajstić information content (AvgIpc) is 3.39. The fourth-order valence-corrected chi connectivity index (χ4v) is 5.27. The number of carbonyl (C=O) groups is 1. The van der Waals surface area contributed by atoms with E-state index in [0.717, 1.165) is 50.4 Å². The average molecular weight is 464 g/mol. The van der Waals surface area contributed by atoms with Crippen molar-refractivity contribution in [1.29, 1.82) is 0 Å². The van der Waals surface area contributed by atoms with E-state index in [1.807, 2.05) is 24.3 Å². The Labute approximate surface area is 205 Å². The van der Waals surface area contributed by atoms with Crippen LogP contribution in [0.4, 0.5) is 0 Å². The summed E-state index contributed by atoms with van der Waals surface area (Å²) in [6.45, 7) is 6.00. The van der Waals surface area contributed by atoms with Gasteiger partial charge in [-0.25, -0.2) is 0 Å². The molecule has 184 valence electrons. The van der Waals surface area contributed by atoms with Crippen LogP contribution in [0.1, 0.15) is 85.8 Å². The fraction of sp³-hybridized carbons (Fsp3) is 0.567. The number of benzene rings is 2. The first kappa shape index (κ1) is 24.8. The van der Waals surface area contributed by atoms with E-state index < -0.39 is 0 Å². The molecule has 4 heteroatoms. The molecule has 0 saturated carbocycles. The Morgan fingerprint density at radius 3 is 2.71 bits per heavy atom. The minimum atomic E-state index is -0.00235. The highest BCUT2D eigenvalue weighted by molar-refractivity contribution is 5.94. The number of aryl methyl sites for hydroxylation is 1. The summed E-state index contributed by atoms with van der Waals surface area (Å²) in [5.74, 6) is 1.58. The van der Waals surface area contributed by atoms with Crippen LogP contribution in [0.5, 0.6) is 5.75 Å². The second-order valence-corrected chi connectivity index (χ2v) is 10.1. The Morgan fingerprint density at radius 1 is 1.12 bits per heavy atom. The zero-order valence-electron chi connectivity index (χ0n) is 21.0. The molecule has 2 aromatic carbocycles. The third-order valence-corrected chi connectivity index (χ3v) is 7.48. The number of fused-ring (bicyclic) bond motifs is 1. The first-order valence-electron chi connectivity index (χ1n) is 13.4. The Morgan fingerprint density at radius 2 is 1.97 bits per heavy atom. The smallest absolute Gasteiger partial charge is 0.251 e. The Bertz CT molecular complexity index is 917. The van der Waals surface area contributed by atoms with Gasteiger partial charge in [0, 0.05) is 18.2 Å². The fourth-order valence-electron chi connectivity index (χ4n) is 5.27. The minimum Gasteiger partial charge on any atom is -0.491 e. The van der Waals surface area contributed by atoms with Crippen molar-refractivity contribution in [3.8, 4) is 5.75 Å². The number of nitrogens with one attached hydrogen (secondary N) is 1. The summed E-state index contributed by atoms with van der Waals surface area (Å²) in [4.78, 5) is 12.8. The van der Waals surface area contributed by atoms with E-state index in [0.29, 0.717) is 12.2 Å². The summed E-state index contributed by atoms with van der Waals surface area (Å²) in [6, 6.07) is 14.7. The van der Waals surface area contributed by atoms with Crippen molar-refractivity contribution in [2.24, 2.45) is 5.92 Å². The Balaban J connectivity index is 1.27. The van der Waals surface area contributed by atoms with Gasteiger partial charge in [-0.15, -0.1) is 0 Å². The quantitative estimate of drug-likeness (QED) is 0.426. The van der Waals surface area contributed by atoms with Gasteiger partial charge in [0.1, 0.15) is 12.4 Å². The maximum absolute atomic E-state index is 12.8. The number of unbranched alkanes of at least 4 members (excludes halogenated alkanes) is 1. The summed E-state index contributed by atoms with van der Waals surface area (Å²) >= 11 is 0. The van der Waals surface area contributed by atoms with Gasteiger partial charge in [-0.1, -0.05) is 57.7 Å². The van der Waals surface area contributed by atoms with Crippen LogP contribution < -0.4 is 10.1 Å². The summed E-state index contributed by atoms with van der Waals surface area (Å²) in [6.07, 6.45) is 11.7. The summed E-state index contributed by atoms with van der Waals surface area (Å²) in [5, 5.41) is 3.25. The van der Waals surface area contributed by atoms with Crippen LogP contribution >= 0.6 is 0 Å². The Kier molecular flexibility index (Phi) is 9.04. The highest BCUT2D eigenvalue weighted by Gasteiger charge is 2.22. The zero-order valence-corrected chi connectivity index (χ0v) is 21.0. The normalized spacial score (nSPS) is 20.5. The molecule has 0 aromatic heterocycles. The summed E-state index contributed by atoms with van der Waals surface area (Å²) in [5.41, 5.74) is 5.02. The molecule has 1 amide bonds. The van der Waals surface area contributed by atoms with E-state index in [2.05, 4.69) is 37.4 Å². The number of hydrogen-bond acceptors (Lipinski definition) is 3. The molecule has 3 atom stereocenters. The summed E-state index contributed by atoms with van der Waals surface area (Å²) in [7, 11) is 0. The van der Waals surface area contributed by atoms with Crippen molar-refractivity contribution in [2.75, 3.05) is 13.2 Å². The lowest BCUT2D eigenvalue weighted by Crippen LogP contribution is -2.38. The standard InChI is InChI=1S/C30H41NO3/c1-3-5-7-22(4-2)18-23-9-10-26-20-27(14-11-25(26)19-23)31-30(32)24-12-15-28(16-13-24)34-21-29-8-6-17-33-29/h9-10,12-13,15-16,19,22,27,29H,3-8,11,14,17-18,20-21H2,1-2H3,(H,31,32)/t22?,27-,29-/m0/s1. The monoisotopic (exact) mass is 463 g/mol. The maximum Gasteiger partial charge on any atom is 0.251 e. The van der Waals surface area contributed by atoms with E-state index in [9.17, 15) is 4.79 Å². The lowest BCUT2D eigenvalue weighted by Gasteiger charge is -2.26. The molecule has 1 aliphatic heterocycles. The number of ether oxygens (including phenoxy) is 2. The Hall–Kier alpha value is -2.33. The number of carbonyl (C=O) groups excluding carboxylic acids is 1. The number of amides is 1. The highest BCUT2D eigenvalue weighted by atomic mass is 16.5. The molecular weight excluding hydrogens is 422 g/mol. The van der Waals surface area contributed by atoms with Crippen LogP contribution in [0.2, 0.25) is 0 Å². The maximum atomic E-state index is 12.8. The number of rotatable bonds is 11. The molecule has 2 aromatic rings. The van der Waals surface area contributed by atoms with Crippen molar-refractivity contribution >= 4 is 5.91 Å². The molecular formula is C30H41NO3. The van der Waals surface area contributed by atoms with Crippen LogP contribution in [0.25, 0.3) is 0 Å². The molecule has 4 nitrogen and oxygen atoms in total.